The van der Waals surface area contributed by atoms with Crippen molar-refractivity contribution in [1.29, 1.82) is 0 Å². The van der Waals surface area contributed by atoms with E-state index in [1.54, 1.807) is 11.9 Å². The fourth-order valence-electron chi connectivity index (χ4n) is 1.53. The lowest BCUT2D eigenvalue weighted by atomic mass is 10.1. The quantitative estimate of drug-likeness (QED) is 0.674. The van der Waals surface area contributed by atoms with Gasteiger partial charge in [-0.2, -0.15) is 27.0 Å². The van der Waals surface area contributed by atoms with Gasteiger partial charge in [0.2, 0.25) is 0 Å². The highest BCUT2D eigenvalue weighted by Crippen LogP contribution is 2.20. The average molecular weight is 227 g/mol. The maximum atomic E-state index is 10.6. The summed E-state index contributed by atoms with van der Waals surface area (Å²) in [5, 5.41) is 17.4. The molecule has 0 aromatic heterocycles. The van der Waals surface area contributed by atoms with Crippen molar-refractivity contribution >= 4 is 33.0 Å². The zero-order valence-corrected chi connectivity index (χ0v) is 9.53. The van der Waals surface area contributed by atoms with E-state index in [0.717, 1.165) is 0 Å². The summed E-state index contributed by atoms with van der Waals surface area (Å²) in [4.78, 5) is 12.3. The van der Waals surface area contributed by atoms with E-state index in [1.165, 1.54) is 0 Å². The largest absolute Gasteiger partial charge is 0.480 e. The minimum Gasteiger partial charge on any atom is -0.480 e. The van der Waals surface area contributed by atoms with Crippen LogP contribution in [0, 0.1) is 5.92 Å². The van der Waals surface area contributed by atoms with Crippen molar-refractivity contribution in [2.75, 3.05) is 20.2 Å². The Hall–Kier alpha value is 0.0900. The number of hydrogen-bond donors (Lipinski definition) is 2. The SMILES string of the molecule is CN1C[C@@H](CO)C[C@H]1C(=O)O.S.S. The molecule has 0 amide bonds. The van der Waals surface area contributed by atoms with Crippen LogP contribution >= 0.6 is 27.0 Å². The van der Waals surface area contributed by atoms with E-state index < -0.39 is 12.0 Å². The number of nitrogens with zero attached hydrogens (tertiary/aromatic N) is 1. The number of likely N-dealkylation sites (tertiary alicyclic amines) is 1. The van der Waals surface area contributed by atoms with Crippen LogP contribution in [0.2, 0.25) is 0 Å². The Bertz CT molecular complexity index is 168. The van der Waals surface area contributed by atoms with Gasteiger partial charge in [-0.25, -0.2) is 0 Å². The number of aliphatic hydroxyl groups is 1. The van der Waals surface area contributed by atoms with E-state index >= 15 is 0 Å². The third-order valence-corrected chi connectivity index (χ3v) is 2.18. The number of rotatable bonds is 2. The highest BCUT2D eigenvalue weighted by molar-refractivity contribution is 7.59. The van der Waals surface area contributed by atoms with E-state index in [1.807, 2.05) is 0 Å². The first-order chi connectivity index (χ1) is 5.15. The molecule has 1 fully saturated rings. The molecule has 2 atom stereocenters. The Morgan fingerprint density at radius 2 is 2.08 bits per heavy atom. The average Bonchev–Trinajstić information content (AvgIpc) is 2.30. The van der Waals surface area contributed by atoms with E-state index in [4.69, 9.17) is 10.2 Å². The summed E-state index contributed by atoms with van der Waals surface area (Å²) in [6, 6.07) is -0.396. The van der Waals surface area contributed by atoms with Gasteiger partial charge < -0.3 is 10.2 Å². The summed E-state index contributed by atoms with van der Waals surface area (Å²) in [5.41, 5.74) is 0. The summed E-state index contributed by atoms with van der Waals surface area (Å²) in [6.07, 6.45) is 0.572. The minimum atomic E-state index is -0.788. The van der Waals surface area contributed by atoms with Crippen molar-refractivity contribution in [1.82, 2.24) is 4.90 Å². The Morgan fingerprint density at radius 3 is 2.31 bits per heavy atom. The second-order valence-corrected chi connectivity index (χ2v) is 3.08. The van der Waals surface area contributed by atoms with Crippen molar-refractivity contribution in [3.8, 4) is 0 Å². The van der Waals surface area contributed by atoms with Crippen LogP contribution in [0.15, 0.2) is 0 Å². The van der Waals surface area contributed by atoms with Crippen LogP contribution in [0.4, 0.5) is 0 Å². The Labute approximate surface area is 91.8 Å². The van der Waals surface area contributed by atoms with Crippen molar-refractivity contribution in [2.45, 2.75) is 12.5 Å². The van der Waals surface area contributed by atoms with E-state index in [-0.39, 0.29) is 39.5 Å². The van der Waals surface area contributed by atoms with Gasteiger partial charge in [-0.3, -0.25) is 9.69 Å². The molecule has 80 valence electrons. The molecule has 0 radical (unpaired) electrons. The molecule has 1 aliphatic heterocycles. The summed E-state index contributed by atoms with van der Waals surface area (Å²) >= 11 is 0. The first kappa shape index (κ1) is 15.6. The lowest BCUT2D eigenvalue weighted by Gasteiger charge is -2.13. The molecular weight excluding hydrogens is 210 g/mol. The summed E-state index contributed by atoms with van der Waals surface area (Å²) in [7, 11) is 1.77. The lowest BCUT2D eigenvalue weighted by molar-refractivity contribution is -0.141. The molecule has 0 bridgehead atoms. The molecule has 1 aliphatic rings. The number of likely N-dealkylation sites (N-methyl/N-ethyl adjacent to an activating group) is 1. The number of carboxylic acids is 1. The molecule has 0 spiro atoms. The highest BCUT2D eigenvalue weighted by atomic mass is 32.1. The summed E-state index contributed by atoms with van der Waals surface area (Å²) < 4.78 is 0. The van der Waals surface area contributed by atoms with Gasteiger partial charge in [-0.1, -0.05) is 0 Å². The van der Waals surface area contributed by atoms with Gasteiger partial charge in [0, 0.05) is 13.2 Å². The second kappa shape index (κ2) is 6.53. The normalized spacial score (nSPS) is 27.5. The number of carbonyl (C=O) groups is 1. The first-order valence-corrected chi connectivity index (χ1v) is 3.69. The van der Waals surface area contributed by atoms with Crippen LogP contribution < -0.4 is 0 Å². The molecule has 0 aromatic rings. The third kappa shape index (κ3) is 3.76. The van der Waals surface area contributed by atoms with Gasteiger partial charge in [0.1, 0.15) is 6.04 Å². The zero-order valence-electron chi connectivity index (χ0n) is 7.53. The number of aliphatic carboxylic acids is 1. The topological polar surface area (TPSA) is 60.8 Å². The molecule has 0 aromatic carbocycles. The van der Waals surface area contributed by atoms with Crippen LogP contribution in [0.5, 0.6) is 0 Å². The van der Waals surface area contributed by atoms with Gasteiger partial charge in [0.25, 0.3) is 0 Å². The van der Waals surface area contributed by atoms with Crippen molar-refractivity contribution in [2.24, 2.45) is 5.92 Å². The van der Waals surface area contributed by atoms with Gasteiger partial charge in [0.05, 0.1) is 0 Å². The Balaban J connectivity index is 0. The predicted molar refractivity (Wildman–Crippen MR) is 60.0 cm³/mol. The fourth-order valence-corrected chi connectivity index (χ4v) is 1.53. The number of hydrogen-bond acceptors (Lipinski definition) is 3. The van der Waals surface area contributed by atoms with Crippen LogP contribution in [-0.2, 0) is 4.79 Å². The molecule has 13 heavy (non-hydrogen) atoms. The van der Waals surface area contributed by atoms with Crippen LogP contribution in [0.3, 0.4) is 0 Å². The standard InChI is InChI=1S/C7H13NO3.2H2S/c1-8-3-5(4-9)2-6(8)7(10)11;;/h5-6,9H,2-4H2,1H3,(H,10,11);2*1H2/t5-,6-;;/m0../s1. The smallest absolute Gasteiger partial charge is 0.320 e. The number of aliphatic hydroxyl groups excluding tert-OH is 1. The van der Waals surface area contributed by atoms with Gasteiger partial charge >= 0.3 is 5.97 Å². The monoisotopic (exact) mass is 227 g/mol. The van der Waals surface area contributed by atoms with Crippen molar-refractivity contribution in [3.63, 3.8) is 0 Å². The maximum Gasteiger partial charge on any atom is 0.320 e. The molecule has 0 unspecified atom stereocenters. The van der Waals surface area contributed by atoms with Gasteiger partial charge in [-0.05, 0) is 19.4 Å². The molecular formula is C7H17NO3S2. The molecule has 4 nitrogen and oxygen atoms in total. The Kier molecular flexibility index (Phi) is 7.81. The first-order valence-electron chi connectivity index (χ1n) is 3.69. The second-order valence-electron chi connectivity index (χ2n) is 3.08. The molecule has 1 saturated heterocycles. The van der Waals surface area contributed by atoms with Crippen LogP contribution in [-0.4, -0.2) is 47.3 Å². The third-order valence-electron chi connectivity index (χ3n) is 2.18. The summed E-state index contributed by atoms with van der Waals surface area (Å²) in [6.45, 7) is 0.779. The van der Waals surface area contributed by atoms with Crippen LogP contribution in [0.1, 0.15) is 6.42 Å². The molecule has 1 rings (SSSR count). The minimum absolute atomic E-state index is 0. The predicted octanol–water partition coefficient (Wildman–Crippen LogP) is -0.391. The molecule has 6 heteroatoms. The van der Waals surface area contributed by atoms with Crippen molar-refractivity contribution in [3.05, 3.63) is 0 Å². The van der Waals surface area contributed by atoms with E-state index in [0.29, 0.717) is 13.0 Å². The molecule has 2 N–H and O–H groups in total. The van der Waals surface area contributed by atoms with Gasteiger partial charge in [0.15, 0.2) is 0 Å². The molecule has 1 heterocycles. The summed E-state index contributed by atoms with van der Waals surface area (Å²) in [5.74, 6) is -0.649. The van der Waals surface area contributed by atoms with E-state index in [2.05, 4.69) is 0 Å². The molecule has 0 saturated carbocycles. The van der Waals surface area contributed by atoms with E-state index in [9.17, 15) is 4.79 Å². The highest BCUT2D eigenvalue weighted by Gasteiger charge is 2.33. The fraction of sp³-hybridized carbons (Fsp3) is 0.857. The lowest BCUT2D eigenvalue weighted by Crippen LogP contribution is -2.32. The van der Waals surface area contributed by atoms with Gasteiger partial charge in [-0.15, -0.1) is 0 Å². The molecule has 0 aliphatic carbocycles. The Morgan fingerprint density at radius 1 is 1.54 bits per heavy atom. The van der Waals surface area contributed by atoms with Crippen LogP contribution in [0.25, 0.3) is 0 Å². The zero-order chi connectivity index (χ0) is 8.43. The van der Waals surface area contributed by atoms with Crippen molar-refractivity contribution < 1.29 is 15.0 Å². The maximum absolute atomic E-state index is 10.6. The number of carboxylic acid groups (broad SMARTS) is 1.